The molecule has 8 heteroatoms. The number of nitrogens with zero attached hydrogens (tertiary/aromatic N) is 3. The van der Waals surface area contributed by atoms with Gasteiger partial charge in [-0.15, -0.1) is 16.5 Å². The number of fused-ring (bicyclic) bond motifs is 1. The van der Waals surface area contributed by atoms with Gasteiger partial charge in [-0.1, -0.05) is 6.07 Å². The van der Waals surface area contributed by atoms with Crippen LogP contribution >= 0.6 is 11.3 Å². The molecule has 0 fully saturated rings. The lowest BCUT2D eigenvalue weighted by molar-refractivity contribution is -0.137. The van der Waals surface area contributed by atoms with Crippen LogP contribution in [0.25, 0.3) is 20.8 Å². The predicted octanol–water partition coefficient (Wildman–Crippen LogP) is 7.41. The average Bonchev–Trinajstić information content (AvgIpc) is 3.10. The molecule has 0 saturated heterocycles. The fourth-order valence-electron chi connectivity index (χ4n) is 2.78. The highest BCUT2D eigenvalue weighted by Crippen LogP contribution is 2.39. The fourth-order valence-corrected chi connectivity index (χ4v) is 3.85. The monoisotopic (exact) mass is 413 g/mol. The van der Waals surface area contributed by atoms with E-state index in [-0.39, 0.29) is 5.69 Å². The zero-order valence-corrected chi connectivity index (χ0v) is 15.9. The Morgan fingerprint density at radius 3 is 2.41 bits per heavy atom. The van der Waals surface area contributed by atoms with E-state index in [1.165, 1.54) is 0 Å². The number of azo groups is 1. The van der Waals surface area contributed by atoms with Crippen LogP contribution in [0.15, 0.2) is 70.9 Å². The maximum atomic E-state index is 13.1. The number of hydrogen-bond donors (Lipinski definition) is 1. The van der Waals surface area contributed by atoms with Gasteiger partial charge in [0.05, 0.1) is 27.2 Å². The predicted molar refractivity (Wildman–Crippen MR) is 107 cm³/mol. The first kappa shape index (κ1) is 19.1. The number of aryl methyl sites for hydroxylation is 1. The minimum atomic E-state index is -4.64. The molecule has 146 valence electrons. The first-order chi connectivity index (χ1) is 13.8. The van der Waals surface area contributed by atoms with E-state index in [0.29, 0.717) is 11.8 Å². The van der Waals surface area contributed by atoms with Crippen LogP contribution in [0.5, 0.6) is 5.75 Å². The highest BCUT2D eigenvalue weighted by Gasteiger charge is 2.34. The van der Waals surface area contributed by atoms with Crippen molar-refractivity contribution in [1.29, 1.82) is 0 Å². The second-order valence-corrected chi connectivity index (χ2v) is 7.47. The van der Waals surface area contributed by atoms with E-state index in [2.05, 4.69) is 21.3 Å². The SMILES string of the molecule is Cc1ccc2nc(-c3ccc(N=Nc4ccc(O)cc4C(F)(F)F)cc3)sc2c1. The molecule has 1 N–H and O–H groups in total. The van der Waals surface area contributed by atoms with Crippen LogP contribution in [0.3, 0.4) is 0 Å². The maximum absolute atomic E-state index is 13.1. The van der Waals surface area contributed by atoms with Crippen LogP contribution in [0.2, 0.25) is 0 Å². The Morgan fingerprint density at radius 2 is 1.69 bits per heavy atom. The first-order valence-corrected chi connectivity index (χ1v) is 9.41. The lowest BCUT2D eigenvalue weighted by Gasteiger charge is -2.09. The molecule has 0 bridgehead atoms. The van der Waals surface area contributed by atoms with Gasteiger partial charge in [0, 0.05) is 5.56 Å². The smallest absolute Gasteiger partial charge is 0.418 e. The number of benzene rings is 3. The van der Waals surface area contributed by atoms with E-state index in [4.69, 9.17) is 0 Å². The summed E-state index contributed by atoms with van der Waals surface area (Å²) in [5.74, 6) is -0.480. The summed E-state index contributed by atoms with van der Waals surface area (Å²) >= 11 is 1.57. The molecule has 0 unspecified atom stereocenters. The van der Waals surface area contributed by atoms with Crippen LogP contribution in [-0.4, -0.2) is 10.1 Å². The summed E-state index contributed by atoms with van der Waals surface area (Å²) in [4.78, 5) is 4.61. The minimum absolute atomic E-state index is 0.360. The molecule has 29 heavy (non-hydrogen) atoms. The quantitative estimate of drug-likeness (QED) is 0.356. The molecular weight excluding hydrogens is 399 g/mol. The minimum Gasteiger partial charge on any atom is -0.508 e. The third-order valence-electron chi connectivity index (χ3n) is 4.22. The number of rotatable bonds is 3. The van der Waals surface area contributed by atoms with Gasteiger partial charge in [0.2, 0.25) is 0 Å². The summed E-state index contributed by atoms with van der Waals surface area (Å²) in [6, 6.07) is 15.9. The Bertz CT molecular complexity index is 1210. The largest absolute Gasteiger partial charge is 0.508 e. The standard InChI is InChI=1S/C21H14F3N3OS/c1-12-2-8-18-19(10-12)29-20(25-18)13-3-5-14(6-4-13)26-27-17-9-7-15(28)11-16(17)21(22,23)24/h2-11,28H,1H3. The van der Waals surface area contributed by atoms with Crippen molar-refractivity contribution in [3.63, 3.8) is 0 Å². The molecule has 0 aliphatic rings. The molecule has 4 rings (SSSR count). The first-order valence-electron chi connectivity index (χ1n) is 8.59. The Kier molecular flexibility index (Phi) is 4.79. The van der Waals surface area contributed by atoms with Gasteiger partial charge >= 0.3 is 6.18 Å². The number of aromatic nitrogens is 1. The number of alkyl halides is 3. The second kappa shape index (κ2) is 7.29. The molecule has 0 aliphatic carbocycles. The molecule has 0 saturated carbocycles. The van der Waals surface area contributed by atoms with Gasteiger partial charge in [-0.3, -0.25) is 0 Å². The zero-order chi connectivity index (χ0) is 20.6. The van der Waals surface area contributed by atoms with Crippen molar-refractivity contribution in [3.05, 3.63) is 71.8 Å². The van der Waals surface area contributed by atoms with Gasteiger partial charge in [0.15, 0.2) is 0 Å². The van der Waals surface area contributed by atoms with Crippen LogP contribution in [0.4, 0.5) is 24.5 Å². The molecule has 3 aromatic carbocycles. The molecule has 0 atom stereocenters. The van der Waals surface area contributed by atoms with Crippen molar-refractivity contribution in [2.24, 2.45) is 10.2 Å². The van der Waals surface area contributed by atoms with Crippen molar-refractivity contribution in [2.45, 2.75) is 13.1 Å². The van der Waals surface area contributed by atoms with Crippen molar-refractivity contribution in [2.75, 3.05) is 0 Å². The third-order valence-corrected chi connectivity index (χ3v) is 5.28. The Hall–Kier alpha value is -3.26. The van der Waals surface area contributed by atoms with Gasteiger partial charge in [-0.2, -0.15) is 18.3 Å². The summed E-state index contributed by atoms with van der Waals surface area (Å²) in [6.07, 6.45) is -4.64. The van der Waals surface area contributed by atoms with Crippen LogP contribution in [0, 0.1) is 6.92 Å². The van der Waals surface area contributed by atoms with Crippen molar-refractivity contribution < 1.29 is 18.3 Å². The Balaban J connectivity index is 1.60. The molecule has 1 heterocycles. The third kappa shape index (κ3) is 4.12. The number of aromatic hydroxyl groups is 1. The van der Waals surface area contributed by atoms with Gasteiger partial charge in [0.25, 0.3) is 0 Å². The Labute approximate surface area is 168 Å². The maximum Gasteiger partial charge on any atom is 0.418 e. The number of halogens is 3. The van der Waals surface area contributed by atoms with Gasteiger partial charge in [-0.25, -0.2) is 4.98 Å². The zero-order valence-electron chi connectivity index (χ0n) is 15.1. The van der Waals surface area contributed by atoms with Crippen LogP contribution < -0.4 is 0 Å². The molecule has 0 amide bonds. The van der Waals surface area contributed by atoms with E-state index in [9.17, 15) is 18.3 Å². The lowest BCUT2D eigenvalue weighted by atomic mass is 10.1. The summed E-state index contributed by atoms with van der Waals surface area (Å²) in [7, 11) is 0. The highest BCUT2D eigenvalue weighted by atomic mass is 32.1. The summed E-state index contributed by atoms with van der Waals surface area (Å²) in [5, 5.41) is 17.8. The molecule has 0 spiro atoms. The second-order valence-electron chi connectivity index (χ2n) is 6.44. The van der Waals surface area contributed by atoms with Crippen molar-refractivity contribution >= 4 is 32.9 Å². The van der Waals surface area contributed by atoms with Crippen LogP contribution in [0.1, 0.15) is 11.1 Å². The summed E-state index contributed by atoms with van der Waals surface area (Å²) in [5.41, 5.74) is 1.99. The van der Waals surface area contributed by atoms with E-state index in [1.54, 1.807) is 35.6 Å². The van der Waals surface area contributed by atoms with Gasteiger partial charge in [0.1, 0.15) is 10.8 Å². The van der Waals surface area contributed by atoms with E-state index < -0.39 is 17.5 Å². The molecule has 4 aromatic rings. The average molecular weight is 413 g/mol. The number of phenols is 1. The molecule has 0 radical (unpaired) electrons. The van der Waals surface area contributed by atoms with Gasteiger partial charge < -0.3 is 5.11 Å². The number of phenolic OH excluding ortho intramolecular Hbond substituents is 1. The topological polar surface area (TPSA) is 57.8 Å². The highest BCUT2D eigenvalue weighted by molar-refractivity contribution is 7.21. The Morgan fingerprint density at radius 1 is 0.931 bits per heavy atom. The van der Waals surface area contributed by atoms with E-state index in [1.807, 2.05) is 19.1 Å². The lowest BCUT2D eigenvalue weighted by Crippen LogP contribution is -2.04. The van der Waals surface area contributed by atoms with E-state index >= 15 is 0 Å². The fraction of sp³-hybridized carbons (Fsp3) is 0.0952. The number of thiazole rings is 1. The summed E-state index contributed by atoms with van der Waals surface area (Å²) < 4.78 is 40.4. The normalized spacial score (nSPS) is 12.1. The summed E-state index contributed by atoms with van der Waals surface area (Å²) in [6.45, 7) is 2.02. The molecular formula is C21H14F3N3OS. The number of hydrogen-bond acceptors (Lipinski definition) is 5. The molecule has 0 aliphatic heterocycles. The van der Waals surface area contributed by atoms with Crippen molar-refractivity contribution in [1.82, 2.24) is 4.98 Å². The molecule has 1 aromatic heterocycles. The van der Waals surface area contributed by atoms with E-state index in [0.717, 1.165) is 38.5 Å². The van der Waals surface area contributed by atoms with Gasteiger partial charge in [-0.05, 0) is 67.1 Å². The molecule has 4 nitrogen and oxygen atoms in total. The van der Waals surface area contributed by atoms with Crippen molar-refractivity contribution in [3.8, 4) is 16.3 Å². The van der Waals surface area contributed by atoms with Crippen LogP contribution in [-0.2, 0) is 6.18 Å².